The molecule has 1 N–H and O–H groups in total. The van der Waals surface area contributed by atoms with Crippen LogP contribution in [0.15, 0.2) is 11.8 Å². The summed E-state index contributed by atoms with van der Waals surface area (Å²) in [4.78, 5) is 7.98. The summed E-state index contributed by atoms with van der Waals surface area (Å²) in [6.45, 7) is 10.7. The molecule has 0 amide bonds. The summed E-state index contributed by atoms with van der Waals surface area (Å²) < 4.78 is 0. The molecule has 0 spiro atoms. The zero-order valence-electron chi connectivity index (χ0n) is 11.4. The van der Waals surface area contributed by atoms with E-state index >= 15 is 0 Å². The molecule has 0 fully saturated rings. The molecule has 1 rings (SSSR count). The number of likely N-dealkylation sites (N-methyl/N-ethyl adjacent to an activating group) is 1. The van der Waals surface area contributed by atoms with Gasteiger partial charge in [0, 0.05) is 30.2 Å². The Kier molecular flexibility index (Phi) is 5.65. The van der Waals surface area contributed by atoms with Crippen LogP contribution in [0.4, 0.5) is 5.13 Å². The molecule has 0 aliphatic heterocycles. The van der Waals surface area contributed by atoms with Crippen molar-refractivity contribution in [2.45, 2.75) is 33.7 Å². The summed E-state index contributed by atoms with van der Waals surface area (Å²) in [5.74, 6) is 0. The van der Waals surface area contributed by atoms with Crippen molar-refractivity contribution in [1.82, 2.24) is 10.3 Å². The molecule has 17 heavy (non-hydrogen) atoms. The summed E-state index contributed by atoms with van der Waals surface area (Å²) >= 11 is 1.76. The summed E-state index contributed by atoms with van der Waals surface area (Å²) in [5, 5.41) is 4.36. The third-order valence-corrected chi connectivity index (χ3v) is 4.04. The molecule has 1 heterocycles. The van der Waals surface area contributed by atoms with Crippen molar-refractivity contribution in [3.05, 3.63) is 16.6 Å². The minimum absolute atomic E-state index is 0.411. The maximum atomic E-state index is 4.48. The lowest BCUT2D eigenvalue weighted by molar-refractivity contribution is 0.696. The van der Waals surface area contributed by atoms with Gasteiger partial charge in [0.25, 0.3) is 0 Å². The lowest BCUT2D eigenvalue weighted by atomic mass is 10.1. The van der Waals surface area contributed by atoms with Gasteiger partial charge in [-0.25, -0.2) is 4.98 Å². The monoisotopic (exact) mass is 253 g/mol. The van der Waals surface area contributed by atoms with Crippen molar-refractivity contribution in [2.75, 3.05) is 25.0 Å². The van der Waals surface area contributed by atoms with E-state index in [1.807, 2.05) is 13.2 Å². The van der Waals surface area contributed by atoms with E-state index in [1.54, 1.807) is 11.3 Å². The van der Waals surface area contributed by atoms with E-state index in [4.69, 9.17) is 0 Å². The second-order valence-corrected chi connectivity index (χ2v) is 5.16. The lowest BCUT2D eigenvalue weighted by Crippen LogP contribution is -2.21. The van der Waals surface area contributed by atoms with Crippen LogP contribution in [0, 0.1) is 0 Å². The number of nitrogens with zero attached hydrogens (tertiary/aromatic N) is 2. The molecule has 96 valence electrons. The summed E-state index contributed by atoms with van der Waals surface area (Å²) in [6.07, 6.45) is 4.18. The molecule has 1 aromatic rings. The van der Waals surface area contributed by atoms with Crippen molar-refractivity contribution in [3.8, 4) is 0 Å². The van der Waals surface area contributed by atoms with Gasteiger partial charge in [-0.2, -0.15) is 0 Å². The Bertz CT molecular complexity index is 366. The fourth-order valence-electron chi connectivity index (χ4n) is 1.56. The average Bonchev–Trinajstić information content (AvgIpc) is 2.78. The predicted octanol–water partition coefficient (Wildman–Crippen LogP) is 3.00. The Morgan fingerprint density at radius 1 is 1.53 bits per heavy atom. The summed E-state index contributed by atoms with van der Waals surface area (Å²) in [5.41, 5.74) is 1.34. The third-order valence-electron chi connectivity index (χ3n) is 3.03. The number of aromatic nitrogens is 1. The first kappa shape index (κ1) is 14.2. The van der Waals surface area contributed by atoms with E-state index < -0.39 is 0 Å². The predicted molar refractivity (Wildman–Crippen MR) is 77.8 cm³/mol. The van der Waals surface area contributed by atoms with E-state index in [-0.39, 0.29) is 0 Å². The molecule has 3 nitrogen and oxygen atoms in total. The Labute approximate surface area is 109 Å². The highest BCUT2D eigenvalue weighted by molar-refractivity contribution is 7.16. The molecule has 1 aromatic heterocycles. The van der Waals surface area contributed by atoms with Crippen LogP contribution in [0.2, 0.25) is 0 Å². The highest BCUT2D eigenvalue weighted by Gasteiger charge is 2.07. The van der Waals surface area contributed by atoms with Crippen LogP contribution < -0.4 is 10.2 Å². The molecule has 1 unspecified atom stereocenters. The zero-order chi connectivity index (χ0) is 12.8. The van der Waals surface area contributed by atoms with Crippen molar-refractivity contribution in [3.63, 3.8) is 0 Å². The number of hydrogen-bond donors (Lipinski definition) is 1. The first-order valence-electron chi connectivity index (χ1n) is 6.18. The first-order valence-corrected chi connectivity index (χ1v) is 7.00. The van der Waals surface area contributed by atoms with Crippen LogP contribution in [0.1, 0.15) is 32.6 Å². The average molecular weight is 253 g/mol. The fraction of sp³-hybridized carbons (Fsp3) is 0.615. The van der Waals surface area contributed by atoms with Gasteiger partial charge in [-0.15, -0.1) is 0 Å². The Morgan fingerprint density at radius 3 is 2.71 bits per heavy atom. The quantitative estimate of drug-likeness (QED) is 0.844. The Hall–Kier alpha value is -0.870. The van der Waals surface area contributed by atoms with Crippen LogP contribution in [0.3, 0.4) is 0 Å². The SMILES string of the molecule is CCN(CC)c1ncc(/C=C(/C)C(C)NC)s1. The molecule has 0 bridgehead atoms. The zero-order valence-corrected chi connectivity index (χ0v) is 12.3. The molecule has 0 radical (unpaired) electrons. The highest BCUT2D eigenvalue weighted by atomic mass is 32.1. The molecular weight excluding hydrogens is 230 g/mol. The second kappa shape index (κ2) is 6.77. The van der Waals surface area contributed by atoms with Crippen LogP contribution in [-0.4, -0.2) is 31.2 Å². The summed E-state index contributed by atoms with van der Waals surface area (Å²) in [7, 11) is 1.98. The Morgan fingerprint density at radius 2 is 2.18 bits per heavy atom. The molecule has 1 atom stereocenters. The molecule has 0 aliphatic rings. The number of hydrogen-bond acceptors (Lipinski definition) is 4. The first-order chi connectivity index (χ1) is 8.12. The molecule has 4 heteroatoms. The van der Waals surface area contributed by atoms with Crippen LogP contribution in [0.5, 0.6) is 0 Å². The van der Waals surface area contributed by atoms with E-state index in [2.05, 4.69) is 49.0 Å². The number of anilines is 1. The van der Waals surface area contributed by atoms with E-state index in [0.717, 1.165) is 18.2 Å². The lowest BCUT2D eigenvalue weighted by Gasteiger charge is -2.16. The molecular formula is C13H23N3S. The maximum Gasteiger partial charge on any atom is 0.185 e. The van der Waals surface area contributed by atoms with Crippen molar-refractivity contribution in [1.29, 1.82) is 0 Å². The van der Waals surface area contributed by atoms with Gasteiger partial charge in [-0.3, -0.25) is 0 Å². The highest BCUT2D eigenvalue weighted by Crippen LogP contribution is 2.24. The third kappa shape index (κ3) is 3.82. The molecule has 0 saturated heterocycles. The maximum absolute atomic E-state index is 4.48. The number of rotatable bonds is 6. The van der Waals surface area contributed by atoms with Gasteiger partial charge >= 0.3 is 0 Å². The van der Waals surface area contributed by atoms with Gasteiger partial charge in [0.1, 0.15) is 0 Å². The van der Waals surface area contributed by atoms with E-state index in [1.165, 1.54) is 10.5 Å². The van der Waals surface area contributed by atoms with Crippen molar-refractivity contribution < 1.29 is 0 Å². The normalized spacial score (nSPS) is 13.8. The van der Waals surface area contributed by atoms with E-state index in [0.29, 0.717) is 6.04 Å². The summed E-state index contributed by atoms with van der Waals surface area (Å²) in [6, 6.07) is 0.411. The van der Waals surface area contributed by atoms with E-state index in [9.17, 15) is 0 Å². The molecule has 0 saturated carbocycles. The number of thiazole rings is 1. The van der Waals surface area contributed by atoms with Crippen LogP contribution in [0.25, 0.3) is 6.08 Å². The van der Waals surface area contributed by atoms with Gasteiger partial charge < -0.3 is 10.2 Å². The molecule has 0 aromatic carbocycles. The van der Waals surface area contributed by atoms with Crippen LogP contribution in [-0.2, 0) is 0 Å². The molecule has 0 aliphatic carbocycles. The van der Waals surface area contributed by atoms with Crippen LogP contribution >= 0.6 is 11.3 Å². The standard InChI is InChI=1S/C13H23N3S/c1-6-16(7-2)13-15-9-12(17-13)8-10(3)11(4)14-5/h8-9,11,14H,6-7H2,1-5H3/b10-8-. The smallest absolute Gasteiger partial charge is 0.185 e. The van der Waals surface area contributed by atoms with Gasteiger partial charge in [0.2, 0.25) is 0 Å². The second-order valence-electron chi connectivity index (χ2n) is 4.12. The van der Waals surface area contributed by atoms with Gasteiger partial charge in [0.05, 0.1) is 0 Å². The van der Waals surface area contributed by atoms with Gasteiger partial charge in [0.15, 0.2) is 5.13 Å². The van der Waals surface area contributed by atoms with Gasteiger partial charge in [-0.05, 0) is 40.8 Å². The number of nitrogens with one attached hydrogen (secondary N) is 1. The largest absolute Gasteiger partial charge is 0.349 e. The minimum Gasteiger partial charge on any atom is -0.349 e. The fourth-order valence-corrected chi connectivity index (χ4v) is 2.61. The van der Waals surface area contributed by atoms with Crippen molar-refractivity contribution in [2.24, 2.45) is 0 Å². The topological polar surface area (TPSA) is 28.2 Å². The Balaban J connectivity index is 2.81. The van der Waals surface area contributed by atoms with Gasteiger partial charge in [-0.1, -0.05) is 16.9 Å². The minimum atomic E-state index is 0.411. The van der Waals surface area contributed by atoms with Crippen molar-refractivity contribution >= 4 is 22.5 Å².